The van der Waals surface area contributed by atoms with Crippen molar-refractivity contribution in [2.45, 2.75) is 13.5 Å². The molecule has 1 heterocycles. The Morgan fingerprint density at radius 1 is 1.00 bits per heavy atom. The minimum Gasteiger partial charge on any atom is -0.309 e. The van der Waals surface area contributed by atoms with Gasteiger partial charge in [-0.25, -0.2) is 0 Å². The molecule has 0 spiro atoms. The quantitative estimate of drug-likeness (QED) is 0.395. The van der Waals surface area contributed by atoms with E-state index in [0.717, 1.165) is 17.7 Å². The van der Waals surface area contributed by atoms with Crippen LogP contribution in [0.2, 0.25) is 0 Å². The van der Waals surface area contributed by atoms with E-state index in [0.29, 0.717) is 0 Å². The highest BCUT2D eigenvalue weighted by Crippen LogP contribution is 2.30. The molecule has 2 aromatic carbocycles. The van der Waals surface area contributed by atoms with Crippen LogP contribution < -0.4 is 3.11 Å². The average molecular weight is 345 g/mol. The summed E-state index contributed by atoms with van der Waals surface area (Å²) in [6.07, 6.45) is 0. The maximum absolute atomic E-state index is 3.30. The van der Waals surface area contributed by atoms with Gasteiger partial charge in [0.05, 0.1) is 35.1 Å². The maximum atomic E-state index is 3.30. The molecule has 0 atom stereocenters. The van der Waals surface area contributed by atoms with E-state index in [-0.39, 0.29) is 0 Å². The van der Waals surface area contributed by atoms with Gasteiger partial charge in [0.15, 0.2) is 0 Å². The SMILES string of the molecule is Cc1cccc2c1N(I)Cc1ccccc1C#C2. The van der Waals surface area contributed by atoms with Gasteiger partial charge >= 0.3 is 0 Å². The second-order valence-corrected chi connectivity index (χ2v) is 5.56. The first-order valence-electron chi connectivity index (χ1n) is 5.88. The topological polar surface area (TPSA) is 3.24 Å². The van der Waals surface area contributed by atoms with Crippen LogP contribution in [-0.2, 0) is 6.54 Å². The lowest BCUT2D eigenvalue weighted by molar-refractivity contribution is 1.06. The van der Waals surface area contributed by atoms with Crippen molar-refractivity contribution < 1.29 is 0 Å². The molecular formula is C16H12IN. The molecule has 1 aliphatic heterocycles. The third-order valence-corrected chi connectivity index (χ3v) is 3.96. The van der Waals surface area contributed by atoms with Crippen molar-refractivity contribution in [3.63, 3.8) is 0 Å². The lowest BCUT2D eigenvalue weighted by Gasteiger charge is -2.22. The third-order valence-electron chi connectivity index (χ3n) is 3.14. The molecule has 18 heavy (non-hydrogen) atoms. The van der Waals surface area contributed by atoms with Crippen molar-refractivity contribution in [3.05, 3.63) is 64.7 Å². The molecule has 1 aliphatic rings. The Kier molecular flexibility index (Phi) is 3.00. The lowest BCUT2D eigenvalue weighted by atomic mass is 10.0. The van der Waals surface area contributed by atoms with E-state index < -0.39 is 0 Å². The third kappa shape index (κ3) is 1.99. The summed E-state index contributed by atoms with van der Waals surface area (Å²) in [5.41, 5.74) is 6.04. The first-order chi connectivity index (χ1) is 8.75. The van der Waals surface area contributed by atoms with Gasteiger partial charge in [0.1, 0.15) is 0 Å². The average Bonchev–Trinajstić information content (AvgIpc) is 2.35. The van der Waals surface area contributed by atoms with Gasteiger partial charge in [-0.15, -0.1) is 0 Å². The minimum atomic E-state index is 0.892. The molecule has 2 heteroatoms. The Balaban J connectivity index is 2.23. The highest BCUT2D eigenvalue weighted by Gasteiger charge is 2.14. The van der Waals surface area contributed by atoms with E-state index in [1.807, 2.05) is 6.07 Å². The fourth-order valence-corrected chi connectivity index (χ4v) is 3.23. The molecule has 0 saturated carbocycles. The van der Waals surface area contributed by atoms with Crippen LogP contribution in [-0.4, -0.2) is 0 Å². The second kappa shape index (κ2) is 4.66. The van der Waals surface area contributed by atoms with Gasteiger partial charge < -0.3 is 3.11 Å². The standard InChI is InChI=1S/C16H12IN/c1-12-5-4-8-14-10-9-13-6-2-3-7-15(13)11-18(17)16(12)14/h2-8H,11H2,1H3. The molecule has 2 aromatic rings. The summed E-state index contributed by atoms with van der Waals surface area (Å²) in [6.45, 7) is 3.03. The van der Waals surface area contributed by atoms with Crippen LogP contribution in [0.15, 0.2) is 42.5 Å². The molecule has 88 valence electrons. The Labute approximate surface area is 121 Å². The number of fused-ring (bicyclic) bond motifs is 2. The lowest BCUT2D eigenvalue weighted by Crippen LogP contribution is -2.13. The Morgan fingerprint density at radius 3 is 2.61 bits per heavy atom. The van der Waals surface area contributed by atoms with Crippen LogP contribution in [0.1, 0.15) is 22.3 Å². The van der Waals surface area contributed by atoms with Crippen LogP contribution in [0.5, 0.6) is 0 Å². The van der Waals surface area contributed by atoms with Gasteiger partial charge in [0, 0.05) is 11.1 Å². The molecule has 0 radical (unpaired) electrons. The van der Waals surface area contributed by atoms with Crippen molar-refractivity contribution in [1.29, 1.82) is 0 Å². The highest BCUT2D eigenvalue weighted by molar-refractivity contribution is 14.1. The first-order valence-corrected chi connectivity index (χ1v) is 6.85. The minimum absolute atomic E-state index is 0.892. The monoisotopic (exact) mass is 345 g/mol. The summed E-state index contributed by atoms with van der Waals surface area (Å²) in [5, 5.41) is 0. The molecule has 0 fully saturated rings. The van der Waals surface area contributed by atoms with E-state index in [9.17, 15) is 0 Å². The highest BCUT2D eigenvalue weighted by atomic mass is 127. The van der Waals surface area contributed by atoms with Gasteiger partial charge in [0.25, 0.3) is 0 Å². The smallest absolute Gasteiger partial charge is 0.0646 e. The number of rotatable bonds is 0. The van der Waals surface area contributed by atoms with Crippen molar-refractivity contribution in [2.24, 2.45) is 0 Å². The molecule has 0 unspecified atom stereocenters. The number of benzene rings is 2. The number of anilines is 1. The molecular weight excluding hydrogens is 333 g/mol. The summed E-state index contributed by atoms with van der Waals surface area (Å²) >= 11 is 2.38. The summed E-state index contributed by atoms with van der Waals surface area (Å²) < 4.78 is 2.26. The largest absolute Gasteiger partial charge is 0.309 e. The first kappa shape index (κ1) is 11.6. The molecule has 0 amide bonds. The van der Waals surface area contributed by atoms with Gasteiger partial charge in [-0.3, -0.25) is 0 Å². The summed E-state index contributed by atoms with van der Waals surface area (Å²) in [6, 6.07) is 14.7. The van der Waals surface area contributed by atoms with Crippen molar-refractivity contribution >= 4 is 28.6 Å². The number of hydrogen-bond acceptors (Lipinski definition) is 1. The predicted molar refractivity (Wildman–Crippen MR) is 83.8 cm³/mol. The molecule has 3 rings (SSSR count). The van der Waals surface area contributed by atoms with E-state index >= 15 is 0 Å². The fourth-order valence-electron chi connectivity index (χ4n) is 2.23. The van der Waals surface area contributed by atoms with Gasteiger partial charge in [0.2, 0.25) is 0 Å². The van der Waals surface area contributed by atoms with Crippen molar-refractivity contribution in [2.75, 3.05) is 3.11 Å². The number of para-hydroxylation sites is 1. The predicted octanol–water partition coefficient (Wildman–Crippen LogP) is 4.06. The van der Waals surface area contributed by atoms with Gasteiger partial charge in [-0.2, -0.15) is 0 Å². The number of halogens is 1. The normalized spacial score (nSPS) is 12.7. The molecule has 0 bridgehead atoms. The molecule has 1 nitrogen and oxygen atoms in total. The Hall–Kier alpha value is -1.47. The zero-order valence-corrected chi connectivity index (χ0v) is 12.2. The van der Waals surface area contributed by atoms with Crippen LogP contribution in [0, 0.1) is 18.8 Å². The van der Waals surface area contributed by atoms with Crippen LogP contribution in [0.4, 0.5) is 5.69 Å². The molecule has 0 aliphatic carbocycles. The van der Waals surface area contributed by atoms with E-state index in [1.54, 1.807) is 0 Å². The van der Waals surface area contributed by atoms with Crippen molar-refractivity contribution in [1.82, 2.24) is 0 Å². The Bertz CT molecular complexity index is 664. The van der Waals surface area contributed by atoms with E-state index in [4.69, 9.17) is 0 Å². The second-order valence-electron chi connectivity index (χ2n) is 4.40. The molecule has 0 aromatic heterocycles. The molecule has 0 saturated heterocycles. The number of aryl methyl sites for hydroxylation is 1. The van der Waals surface area contributed by atoms with E-state index in [2.05, 4.69) is 81.1 Å². The summed E-state index contributed by atoms with van der Waals surface area (Å²) in [5.74, 6) is 6.59. The molecule has 0 N–H and O–H groups in total. The van der Waals surface area contributed by atoms with Crippen LogP contribution in [0.3, 0.4) is 0 Å². The van der Waals surface area contributed by atoms with Gasteiger partial charge in [-0.1, -0.05) is 42.2 Å². The fraction of sp³-hybridized carbons (Fsp3) is 0.125. The Morgan fingerprint density at radius 2 is 1.72 bits per heavy atom. The van der Waals surface area contributed by atoms with Crippen LogP contribution >= 0.6 is 22.9 Å². The number of hydrogen-bond donors (Lipinski definition) is 0. The zero-order chi connectivity index (χ0) is 12.5. The van der Waals surface area contributed by atoms with Crippen LogP contribution in [0.25, 0.3) is 0 Å². The van der Waals surface area contributed by atoms with Gasteiger partial charge in [-0.05, 0) is 30.2 Å². The van der Waals surface area contributed by atoms with E-state index in [1.165, 1.54) is 16.8 Å². The van der Waals surface area contributed by atoms with Crippen molar-refractivity contribution in [3.8, 4) is 11.8 Å². The summed E-state index contributed by atoms with van der Waals surface area (Å²) in [4.78, 5) is 0. The maximum Gasteiger partial charge on any atom is 0.0646 e. The summed E-state index contributed by atoms with van der Waals surface area (Å²) in [7, 11) is 0. The zero-order valence-electron chi connectivity index (χ0n) is 10.1. The number of nitrogens with zero attached hydrogens (tertiary/aromatic N) is 1.